The monoisotopic (exact) mass is 357 g/mol. The maximum Gasteiger partial charge on any atom is 0.348 e. The first-order valence-corrected chi connectivity index (χ1v) is 8.67. The van der Waals surface area contributed by atoms with Gasteiger partial charge in [-0.05, 0) is 50.6 Å². The molecule has 130 valence electrons. The van der Waals surface area contributed by atoms with Gasteiger partial charge in [0, 0.05) is 5.69 Å². The Labute approximate surface area is 149 Å². The molecular formula is C18H19N3O3S. The Bertz CT molecular complexity index is 904. The highest BCUT2D eigenvalue weighted by atomic mass is 32.1. The van der Waals surface area contributed by atoms with Gasteiger partial charge in [0.25, 0.3) is 0 Å². The maximum atomic E-state index is 12.3. The zero-order valence-electron chi connectivity index (χ0n) is 14.5. The van der Waals surface area contributed by atoms with E-state index in [0.29, 0.717) is 10.7 Å². The minimum Gasteiger partial charge on any atom is -0.497 e. The highest BCUT2D eigenvalue weighted by molar-refractivity contribution is 7.20. The van der Waals surface area contributed by atoms with Crippen LogP contribution >= 0.6 is 11.3 Å². The highest BCUT2D eigenvalue weighted by Gasteiger charge is 2.21. The number of carbonyl (C=O) groups excluding carboxylic acids is 1. The number of thiophene rings is 1. The van der Waals surface area contributed by atoms with Crippen molar-refractivity contribution in [1.29, 1.82) is 0 Å². The fourth-order valence-corrected chi connectivity index (χ4v) is 3.47. The third kappa shape index (κ3) is 3.56. The van der Waals surface area contributed by atoms with Crippen LogP contribution in [0.3, 0.4) is 0 Å². The average molecular weight is 357 g/mol. The smallest absolute Gasteiger partial charge is 0.348 e. The Kier molecular flexibility index (Phi) is 4.85. The lowest BCUT2D eigenvalue weighted by atomic mass is 10.2. The molecule has 1 aromatic carbocycles. The summed E-state index contributed by atoms with van der Waals surface area (Å²) in [5.41, 5.74) is 1.69. The van der Waals surface area contributed by atoms with Gasteiger partial charge in [-0.1, -0.05) is 0 Å². The molecule has 0 atom stereocenters. The van der Waals surface area contributed by atoms with Gasteiger partial charge in [-0.15, -0.1) is 11.3 Å². The summed E-state index contributed by atoms with van der Waals surface area (Å²) in [4.78, 5) is 22.2. The lowest BCUT2D eigenvalue weighted by molar-refractivity contribution is 0.0383. The molecule has 0 saturated carbocycles. The molecule has 0 aliphatic heterocycles. The van der Waals surface area contributed by atoms with Gasteiger partial charge >= 0.3 is 5.97 Å². The van der Waals surface area contributed by atoms with Crippen molar-refractivity contribution in [3.05, 3.63) is 41.0 Å². The number of aromatic nitrogens is 2. The first-order chi connectivity index (χ1) is 12.0. The van der Waals surface area contributed by atoms with Crippen molar-refractivity contribution in [2.45, 2.75) is 26.9 Å². The summed E-state index contributed by atoms with van der Waals surface area (Å²) in [7, 11) is 1.63. The van der Waals surface area contributed by atoms with Crippen molar-refractivity contribution in [3.8, 4) is 5.75 Å². The number of fused-ring (bicyclic) bond motifs is 1. The van der Waals surface area contributed by atoms with Crippen LogP contribution in [0.1, 0.15) is 29.1 Å². The lowest BCUT2D eigenvalue weighted by Crippen LogP contribution is -2.11. The fourth-order valence-electron chi connectivity index (χ4n) is 2.44. The van der Waals surface area contributed by atoms with Crippen molar-refractivity contribution in [3.63, 3.8) is 0 Å². The average Bonchev–Trinajstić information content (AvgIpc) is 2.93. The van der Waals surface area contributed by atoms with E-state index in [1.54, 1.807) is 7.11 Å². The molecule has 2 heterocycles. The summed E-state index contributed by atoms with van der Waals surface area (Å²) in [6.45, 7) is 5.55. The fraction of sp³-hybridized carbons (Fsp3) is 0.278. The molecule has 2 aromatic heterocycles. The van der Waals surface area contributed by atoms with Gasteiger partial charge in [-0.25, -0.2) is 14.8 Å². The number of aryl methyl sites for hydroxylation is 1. The molecule has 0 saturated heterocycles. The van der Waals surface area contributed by atoms with Gasteiger partial charge in [-0.3, -0.25) is 0 Å². The van der Waals surface area contributed by atoms with Crippen LogP contribution in [0, 0.1) is 6.92 Å². The number of ether oxygens (including phenoxy) is 2. The molecule has 7 heteroatoms. The van der Waals surface area contributed by atoms with E-state index in [1.165, 1.54) is 17.7 Å². The molecule has 0 aliphatic carbocycles. The second kappa shape index (κ2) is 7.06. The summed E-state index contributed by atoms with van der Waals surface area (Å²) in [5, 5.41) is 4.11. The predicted octanol–water partition coefficient (Wildman–Crippen LogP) is 4.32. The molecule has 3 aromatic rings. The Balaban J connectivity index is 1.98. The minimum atomic E-state index is -0.328. The summed E-state index contributed by atoms with van der Waals surface area (Å²) in [6.07, 6.45) is 1.32. The van der Waals surface area contributed by atoms with E-state index in [1.807, 2.05) is 45.0 Å². The molecule has 1 N–H and O–H groups in total. The molecule has 25 heavy (non-hydrogen) atoms. The van der Waals surface area contributed by atoms with E-state index in [4.69, 9.17) is 9.47 Å². The number of hydrogen-bond donors (Lipinski definition) is 1. The van der Waals surface area contributed by atoms with Crippen LogP contribution in [0.25, 0.3) is 10.2 Å². The van der Waals surface area contributed by atoms with Crippen molar-refractivity contribution in [2.75, 3.05) is 12.4 Å². The van der Waals surface area contributed by atoms with Gasteiger partial charge in [0.05, 0.1) is 18.6 Å². The summed E-state index contributed by atoms with van der Waals surface area (Å²) in [6, 6.07) is 7.55. The van der Waals surface area contributed by atoms with Crippen LogP contribution in [-0.4, -0.2) is 29.2 Å². The molecule has 0 unspecified atom stereocenters. The predicted molar refractivity (Wildman–Crippen MR) is 99.0 cm³/mol. The van der Waals surface area contributed by atoms with Gasteiger partial charge in [0.15, 0.2) is 0 Å². The molecule has 0 spiro atoms. The van der Waals surface area contributed by atoms with Gasteiger partial charge in [0.2, 0.25) is 0 Å². The summed E-state index contributed by atoms with van der Waals surface area (Å²) >= 11 is 1.32. The van der Waals surface area contributed by atoms with Crippen LogP contribution in [0.15, 0.2) is 30.6 Å². The first kappa shape index (κ1) is 17.2. The molecule has 3 rings (SSSR count). The van der Waals surface area contributed by atoms with E-state index in [2.05, 4.69) is 15.3 Å². The zero-order valence-corrected chi connectivity index (χ0v) is 15.3. The minimum absolute atomic E-state index is 0.167. The topological polar surface area (TPSA) is 73.3 Å². The standard InChI is InChI=1S/C18H19N3O3S/c1-10(2)24-18(22)15-11(3)14-16(19-9-20-17(14)25-15)21-12-5-7-13(23-4)8-6-12/h5-10H,1-4H3,(H,19,20,21). The SMILES string of the molecule is COc1ccc(Nc2ncnc3sc(C(=O)OC(C)C)c(C)c23)cc1. The molecule has 0 amide bonds. The highest BCUT2D eigenvalue weighted by Crippen LogP contribution is 2.35. The van der Waals surface area contributed by atoms with Crippen molar-refractivity contribution in [1.82, 2.24) is 9.97 Å². The largest absolute Gasteiger partial charge is 0.497 e. The number of carbonyl (C=O) groups is 1. The van der Waals surface area contributed by atoms with Crippen molar-refractivity contribution < 1.29 is 14.3 Å². The Morgan fingerprint density at radius 1 is 1.20 bits per heavy atom. The number of hydrogen-bond acceptors (Lipinski definition) is 7. The number of methoxy groups -OCH3 is 1. The van der Waals surface area contributed by atoms with E-state index >= 15 is 0 Å². The lowest BCUT2D eigenvalue weighted by Gasteiger charge is -2.08. The van der Waals surface area contributed by atoms with Gasteiger partial charge in [-0.2, -0.15) is 0 Å². The van der Waals surface area contributed by atoms with Crippen LogP contribution in [0.4, 0.5) is 11.5 Å². The molecule has 0 fully saturated rings. The van der Waals surface area contributed by atoms with Crippen molar-refractivity contribution >= 4 is 39.0 Å². The molecule has 0 radical (unpaired) electrons. The second-order valence-corrected chi connectivity index (χ2v) is 6.77. The summed E-state index contributed by atoms with van der Waals surface area (Å²) < 4.78 is 10.5. The second-order valence-electron chi connectivity index (χ2n) is 5.77. The Morgan fingerprint density at radius 2 is 1.92 bits per heavy atom. The van der Waals surface area contributed by atoms with Gasteiger partial charge < -0.3 is 14.8 Å². The summed E-state index contributed by atoms with van der Waals surface area (Å²) in [5.74, 6) is 1.11. The van der Waals surface area contributed by atoms with E-state index in [9.17, 15) is 4.79 Å². The number of nitrogens with one attached hydrogen (secondary N) is 1. The number of esters is 1. The molecule has 6 nitrogen and oxygen atoms in total. The van der Waals surface area contributed by atoms with Crippen molar-refractivity contribution in [2.24, 2.45) is 0 Å². The molecule has 0 bridgehead atoms. The van der Waals surface area contributed by atoms with E-state index in [-0.39, 0.29) is 12.1 Å². The van der Waals surface area contributed by atoms with Crippen LogP contribution in [0.2, 0.25) is 0 Å². The van der Waals surface area contributed by atoms with Gasteiger partial charge in [0.1, 0.15) is 27.6 Å². The normalized spacial score (nSPS) is 10.9. The number of benzene rings is 1. The number of rotatable bonds is 5. The zero-order chi connectivity index (χ0) is 18.0. The number of nitrogens with zero attached hydrogens (tertiary/aromatic N) is 2. The molecular weight excluding hydrogens is 338 g/mol. The number of anilines is 2. The van der Waals surface area contributed by atoms with Crippen LogP contribution < -0.4 is 10.1 Å². The first-order valence-electron chi connectivity index (χ1n) is 7.85. The van der Waals surface area contributed by atoms with Crippen LogP contribution in [-0.2, 0) is 4.74 Å². The quantitative estimate of drug-likeness (QED) is 0.686. The third-order valence-electron chi connectivity index (χ3n) is 3.61. The maximum absolute atomic E-state index is 12.3. The Hall–Kier alpha value is -2.67. The van der Waals surface area contributed by atoms with E-state index < -0.39 is 0 Å². The Morgan fingerprint density at radius 3 is 2.56 bits per heavy atom. The molecule has 0 aliphatic rings. The van der Waals surface area contributed by atoms with Crippen LogP contribution in [0.5, 0.6) is 5.75 Å². The van der Waals surface area contributed by atoms with E-state index in [0.717, 1.165) is 27.2 Å². The third-order valence-corrected chi connectivity index (χ3v) is 4.79.